The number of hydrogen-bond donors (Lipinski definition) is 1. The molecule has 98 valence electrons. The molecule has 0 spiro atoms. The lowest BCUT2D eigenvalue weighted by Gasteiger charge is -2.16. The summed E-state index contributed by atoms with van der Waals surface area (Å²) < 4.78 is 1.55. The average molecular weight is 259 g/mol. The first-order valence-electron chi connectivity index (χ1n) is 5.52. The van der Waals surface area contributed by atoms with Crippen molar-refractivity contribution >= 4 is 17.8 Å². The quantitative estimate of drug-likeness (QED) is 0.504. The van der Waals surface area contributed by atoms with Gasteiger partial charge in [-0.1, -0.05) is 5.16 Å². The number of rotatable bonds is 3. The van der Waals surface area contributed by atoms with Crippen LogP contribution in [0.2, 0.25) is 0 Å². The second kappa shape index (κ2) is 5.30. The Hall–Kier alpha value is -2.70. The molecular formula is C12H13N5O2. The van der Waals surface area contributed by atoms with Crippen molar-refractivity contribution in [1.82, 2.24) is 14.5 Å². The van der Waals surface area contributed by atoms with E-state index in [9.17, 15) is 4.79 Å². The molecule has 0 saturated heterocycles. The van der Waals surface area contributed by atoms with Gasteiger partial charge in [-0.05, 0) is 12.1 Å². The number of amides is 1. The van der Waals surface area contributed by atoms with Crippen molar-refractivity contribution in [2.45, 2.75) is 0 Å². The maximum Gasteiger partial charge on any atom is 0.276 e. The van der Waals surface area contributed by atoms with Crippen LogP contribution in [0, 0.1) is 0 Å². The van der Waals surface area contributed by atoms with E-state index in [0.717, 1.165) is 0 Å². The number of carbonyl (C=O) groups excluding carboxylic acids is 1. The maximum absolute atomic E-state index is 12.3. The van der Waals surface area contributed by atoms with Crippen molar-refractivity contribution in [3.63, 3.8) is 0 Å². The number of carbonyl (C=O) groups is 1. The average Bonchev–Trinajstić information content (AvgIpc) is 2.80. The van der Waals surface area contributed by atoms with Gasteiger partial charge in [-0.3, -0.25) is 9.78 Å². The first-order chi connectivity index (χ1) is 9.15. The van der Waals surface area contributed by atoms with Gasteiger partial charge in [0.15, 0.2) is 5.82 Å². The van der Waals surface area contributed by atoms with Gasteiger partial charge < -0.3 is 14.7 Å². The molecule has 0 aliphatic rings. The molecule has 1 N–H and O–H groups in total. The fourth-order valence-electron chi connectivity index (χ4n) is 1.64. The van der Waals surface area contributed by atoms with Crippen LogP contribution in [0.1, 0.15) is 16.3 Å². The predicted octanol–water partition coefficient (Wildman–Crippen LogP) is 0.900. The summed E-state index contributed by atoms with van der Waals surface area (Å²) in [5.41, 5.74) is 1.08. The van der Waals surface area contributed by atoms with Gasteiger partial charge in [-0.25, -0.2) is 4.98 Å². The molecule has 0 aliphatic heterocycles. The molecule has 0 bridgehead atoms. The van der Waals surface area contributed by atoms with E-state index < -0.39 is 0 Å². The van der Waals surface area contributed by atoms with Crippen molar-refractivity contribution < 1.29 is 10.0 Å². The highest BCUT2D eigenvalue weighted by molar-refractivity contribution is 6.04. The summed E-state index contributed by atoms with van der Waals surface area (Å²) in [6, 6.07) is 3.55. The van der Waals surface area contributed by atoms with Gasteiger partial charge in [0.1, 0.15) is 11.9 Å². The molecule has 19 heavy (non-hydrogen) atoms. The third-order valence-corrected chi connectivity index (χ3v) is 2.75. The summed E-state index contributed by atoms with van der Waals surface area (Å²) in [4.78, 5) is 21.8. The lowest BCUT2D eigenvalue weighted by atomic mass is 10.3. The van der Waals surface area contributed by atoms with E-state index >= 15 is 0 Å². The Bertz CT molecular complexity index is 606. The Morgan fingerprint density at radius 2 is 2.32 bits per heavy atom. The minimum atomic E-state index is -0.222. The lowest BCUT2D eigenvalue weighted by molar-refractivity contribution is 0.0985. The Labute approximate surface area is 109 Å². The van der Waals surface area contributed by atoms with Crippen molar-refractivity contribution in [3.8, 4) is 0 Å². The second-order valence-corrected chi connectivity index (χ2v) is 3.88. The van der Waals surface area contributed by atoms with Gasteiger partial charge in [0.25, 0.3) is 5.91 Å². The molecule has 7 heteroatoms. The van der Waals surface area contributed by atoms with E-state index in [-0.39, 0.29) is 5.91 Å². The summed E-state index contributed by atoms with van der Waals surface area (Å²) in [6.07, 6.45) is 5.85. The normalized spacial score (nSPS) is 10.8. The number of anilines is 1. The number of imidazole rings is 1. The van der Waals surface area contributed by atoms with E-state index in [0.29, 0.717) is 17.2 Å². The Balaban J connectivity index is 2.30. The molecule has 0 aliphatic carbocycles. The SMILES string of the molecule is CN(C(=O)c1cnc(C=NO)n1C)c1cccnc1. The molecular weight excluding hydrogens is 246 g/mol. The first kappa shape index (κ1) is 12.7. The fraction of sp³-hybridized carbons (Fsp3) is 0.167. The third kappa shape index (κ3) is 2.44. The largest absolute Gasteiger partial charge is 0.411 e. The zero-order chi connectivity index (χ0) is 13.8. The Kier molecular flexibility index (Phi) is 3.56. The van der Waals surface area contributed by atoms with E-state index in [2.05, 4.69) is 15.1 Å². The van der Waals surface area contributed by atoms with Crippen LogP contribution in [0.5, 0.6) is 0 Å². The number of oxime groups is 1. The van der Waals surface area contributed by atoms with Crippen LogP contribution >= 0.6 is 0 Å². The highest BCUT2D eigenvalue weighted by Crippen LogP contribution is 2.13. The molecule has 7 nitrogen and oxygen atoms in total. The van der Waals surface area contributed by atoms with E-state index in [1.165, 1.54) is 17.3 Å². The number of hydrogen-bond acceptors (Lipinski definition) is 5. The molecule has 0 atom stereocenters. The zero-order valence-corrected chi connectivity index (χ0v) is 10.6. The van der Waals surface area contributed by atoms with Crippen molar-refractivity contribution in [3.05, 3.63) is 42.2 Å². The van der Waals surface area contributed by atoms with E-state index in [1.807, 2.05) is 0 Å². The molecule has 1 amide bonds. The number of nitrogens with zero attached hydrogens (tertiary/aromatic N) is 5. The molecule has 0 fully saturated rings. The summed E-state index contributed by atoms with van der Waals surface area (Å²) in [5, 5.41) is 11.4. The van der Waals surface area contributed by atoms with Gasteiger partial charge in [0, 0.05) is 20.3 Å². The van der Waals surface area contributed by atoms with Gasteiger partial charge in [-0.15, -0.1) is 0 Å². The van der Waals surface area contributed by atoms with Crippen LogP contribution in [0.25, 0.3) is 0 Å². The predicted molar refractivity (Wildman–Crippen MR) is 69.6 cm³/mol. The molecule has 0 unspecified atom stereocenters. The first-order valence-corrected chi connectivity index (χ1v) is 5.52. The van der Waals surface area contributed by atoms with Crippen LogP contribution in [0.4, 0.5) is 5.69 Å². The third-order valence-electron chi connectivity index (χ3n) is 2.75. The summed E-state index contributed by atoms with van der Waals surface area (Å²) in [5.74, 6) is 0.172. The summed E-state index contributed by atoms with van der Waals surface area (Å²) in [7, 11) is 3.33. The minimum Gasteiger partial charge on any atom is -0.411 e. The zero-order valence-electron chi connectivity index (χ0n) is 10.6. The van der Waals surface area contributed by atoms with Crippen molar-refractivity contribution in [2.24, 2.45) is 12.2 Å². The van der Waals surface area contributed by atoms with Gasteiger partial charge in [0.2, 0.25) is 0 Å². The smallest absolute Gasteiger partial charge is 0.276 e. The minimum absolute atomic E-state index is 0.222. The second-order valence-electron chi connectivity index (χ2n) is 3.88. The van der Waals surface area contributed by atoms with Gasteiger partial charge in [-0.2, -0.15) is 0 Å². The van der Waals surface area contributed by atoms with Crippen molar-refractivity contribution in [2.75, 3.05) is 11.9 Å². The lowest BCUT2D eigenvalue weighted by Crippen LogP contribution is -2.28. The van der Waals surface area contributed by atoms with Crippen LogP contribution in [0.15, 0.2) is 35.9 Å². The molecule has 0 radical (unpaired) electrons. The van der Waals surface area contributed by atoms with Gasteiger partial charge in [0.05, 0.1) is 18.1 Å². The van der Waals surface area contributed by atoms with Crippen LogP contribution < -0.4 is 4.90 Å². The number of aromatic nitrogens is 3. The molecule has 0 aromatic carbocycles. The Morgan fingerprint density at radius 3 is 2.95 bits per heavy atom. The highest BCUT2D eigenvalue weighted by atomic mass is 16.4. The van der Waals surface area contributed by atoms with E-state index in [1.54, 1.807) is 43.2 Å². The van der Waals surface area contributed by atoms with E-state index in [4.69, 9.17) is 5.21 Å². The standard InChI is InChI=1S/C12H13N5O2/c1-16(9-4-3-5-13-6-9)12(18)10-7-14-11(8-15-19)17(10)2/h3-8,19H,1-2H3. The fourth-order valence-corrected chi connectivity index (χ4v) is 1.64. The molecule has 2 aromatic heterocycles. The van der Waals surface area contributed by atoms with Crippen LogP contribution in [-0.2, 0) is 7.05 Å². The summed E-state index contributed by atoms with van der Waals surface area (Å²) in [6.45, 7) is 0. The maximum atomic E-state index is 12.3. The van der Waals surface area contributed by atoms with Crippen LogP contribution in [0.3, 0.4) is 0 Å². The number of pyridine rings is 1. The monoisotopic (exact) mass is 259 g/mol. The Morgan fingerprint density at radius 1 is 1.53 bits per heavy atom. The highest BCUT2D eigenvalue weighted by Gasteiger charge is 2.18. The molecule has 2 aromatic rings. The summed E-state index contributed by atoms with van der Waals surface area (Å²) >= 11 is 0. The topological polar surface area (TPSA) is 83.6 Å². The molecule has 2 rings (SSSR count). The van der Waals surface area contributed by atoms with Gasteiger partial charge >= 0.3 is 0 Å². The molecule has 0 saturated carbocycles. The van der Waals surface area contributed by atoms with Crippen molar-refractivity contribution in [1.29, 1.82) is 0 Å². The molecule has 2 heterocycles. The van der Waals surface area contributed by atoms with Crippen LogP contribution in [-0.4, -0.2) is 38.9 Å².